The molecule has 32 heavy (non-hydrogen) atoms. The van der Waals surface area contributed by atoms with E-state index in [4.69, 9.17) is 14.2 Å². The minimum atomic E-state index is 0.0291. The molecule has 0 spiro atoms. The molecule has 0 aliphatic carbocycles. The van der Waals surface area contributed by atoms with Gasteiger partial charge in [0.25, 0.3) is 5.91 Å². The Hall–Kier alpha value is -2.67. The lowest BCUT2D eigenvalue weighted by Gasteiger charge is -2.27. The molecule has 0 N–H and O–H groups in total. The number of hydrogen-bond acceptors (Lipinski definition) is 5. The largest absolute Gasteiger partial charge is 0.496 e. The second-order valence-corrected chi connectivity index (χ2v) is 8.15. The van der Waals surface area contributed by atoms with Crippen LogP contribution in [0.3, 0.4) is 0 Å². The van der Waals surface area contributed by atoms with Gasteiger partial charge in [-0.1, -0.05) is 48.5 Å². The standard InChI is InChI=1S/C26H32N2O4/c1-30-25-10-6-5-9-22(25)19-24(21-7-3-2-4-8-21)26(29)28-12-11-23(20-28)32-18-15-27-13-16-31-17-14-27/h2-10,19,23H,11-18,20H2,1H3/b24-19+. The number of methoxy groups -OCH3 is 1. The average Bonchev–Trinajstić information content (AvgIpc) is 3.32. The molecule has 6 heteroatoms. The zero-order chi connectivity index (χ0) is 22.2. The van der Waals surface area contributed by atoms with E-state index in [9.17, 15) is 4.79 Å². The van der Waals surface area contributed by atoms with E-state index in [1.54, 1.807) is 7.11 Å². The highest BCUT2D eigenvalue weighted by molar-refractivity contribution is 6.24. The summed E-state index contributed by atoms with van der Waals surface area (Å²) in [6.07, 6.45) is 2.89. The number of likely N-dealkylation sites (tertiary alicyclic amines) is 1. The van der Waals surface area contributed by atoms with Gasteiger partial charge in [0.05, 0.1) is 33.0 Å². The van der Waals surface area contributed by atoms with Gasteiger partial charge in [-0.15, -0.1) is 0 Å². The summed E-state index contributed by atoms with van der Waals surface area (Å²) in [5.74, 6) is 0.779. The number of para-hydroxylation sites is 1. The summed E-state index contributed by atoms with van der Waals surface area (Å²) in [5, 5.41) is 0. The van der Waals surface area contributed by atoms with Crippen LogP contribution in [0.25, 0.3) is 11.6 Å². The predicted molar refractivity (Wildman–Crippen MR) is 126 cm³/mol. The first kappa shape index (κ1) is 22.5. The number of carbonyl (C=O) groups excluding carboxylic acids is 1. The van der Waals surface area contributed by atoms with Crippen LogP contribution in [-0.2, 0) is 14.3 Å². The summed E-state index contributed by atoms with van der Waals surface area (Å²) in [6, 6.07) is 17.6. The maximum Gasteiger partial charge on any atom is 0.254 e. The first-order chi connectivity index (χ1) is 15.7. The Labute approximate surface area is 190 Å². The third-order valence-electron chi connectivity index (χ3n) is 6.05. The molecule has 2 aliphatic heterocycles. The van der Waals surface area contributed by atoms with E-state index >= 15 is 0 Å². The van der Waals surface area contributed by atoms with Crippen LogP contribution in [0.15, 0.2) is 54.6 Å². The van der Waals surface area contributed by atoms with Gasteiger partial charge in [0.1, 0.15) is 5.75 Å². The maximum absolute atomic E-state index is 13.6. The summed E-state index contributed by atoms with van der Waals surface area (Å²) >= 11 is 0. The van der Waals surface area contributed by atoms with E-state index in [0.717, 1.165) is 56.1 Å². The van der Waals surface area contributed by atoms with Crippen LogP contribution >= 0.6 is 0 Å². The summed E-state index contributed by atoms with van der Waals surface area (Å²) < 4.78 is 17.0. The van der Waals surface area contributed by atoms with Gasteiger partial charge in [-0.25, -0.2) is 0 Å². The second kappa shape index (κ2) is 11.3. The third kappa shape index (κ3) is 5.76. The van der Waals surface area contributed by atoms with Gasteiger partial charge >= 0.3 is 0 Å². The Kier molecular flexibility index (Phi) is 7.93. The first-order valence-electron chi connectivity index (χ1n) is 11.4. The molecule has 2 aliphatic rings. The van der Waals surface area contributed by atoms with E-state index in [1.807, 2.05) is 65.6 Å². The van der Waals surface area contributed by atoms with Crippen LogP contribution in [-0.4, -0.2) is 81.5 Å². The van der Waals surface area contributed by atoms with Crippen molar-refractivity contribution in [2.45, 2.75) is 12.5 Å². The monoisotopic (exact) mass is 436 g/mol. The molecule has 2 saturated heterocycles. The topological polar surface area (TPSA) is 51.2 Å². The normalized spacial score (nSPS) is 19.8. The smallest absolute Gasteiger partial charge is 0.254 e. The number of ether oxygens (including phenoxy) is 3. The summed E-state index contributed by atoms with van der Waals surface area (Å²) in [7, 11) is 1.65. The number of hydrogen-bond donors (Lipinski definition) is 0. The molecule has 2 heterocycles. The van der Waals surface area contributed by atoms with E-state index < -0.39 is 0 Å². The molecule has 0 saturated carbocycles. The third-order valence-corrected chi connectivity index (χ3v) is 6.05. The lowest BCUT2D eigenvalue weighted by atomic mass is 10.0. The van der Waals surface area contributed by atoms with Crippen LogP contribution < -0.4 is 4.74 Å². The minimum Gasteiger partial charge on any atom is -0.496 e. The van der Waals surface area contributed by atoms with Gasteiger partial charge in [0, 0.05) is 43.9 Å². The van der Waals surface area contributed by atoms with Crippen LogP contribution in [0, 0.1) is 0 Å². The zero-order valence-corrected chi connectivity index (χ0v) is 18.7. The molecule has 1 amide bonds. The van der Waals surface area contributed by atoms with Gasteiger partial charge in [-0.05, 0) is 24.1 Å². The number of rotatable bonds is 8. The fraction of sp³-hybridized carbons (Fsp3) is 0.423. The van der Waals surface area contributed by atoms with E-state index in [0.29, 0.717) is 25.3 Å². The molecular weight excluding hydrogens is 404 g/mol. The maximum atomic E-state index is 13.6. The molecule has 2 aromatic rings. The van der Waals surface area contributed by atoms with Crippen molar-refractivity contribution in [1.82, 2.24) is 9.80 Å². The van der Waals surface area contributed by atoms with Crippen molar-refractivity contribution in [3.63, 3.8) is 0 Å². The van der Waals surface area contributed by atoms with Crippen LogP contribution in [0.2, 0.25) is 0 Å². The lowest BCUT2D eigenvalue weighted by molar-refractivity contribution is -0.124. The van der Waals surface area contributed by atoms with E-state index in [1.165, 1.54) is 0 Å². The Balaban J connectivity index is 1.43. The number of carbonyl (C=O) groups is 1. The number of amides is 1. The van der Waals surface area contributed by atoms with Gasteiger partial charge < -0.3 is 19.1 Å². The Morgan fingerprint density at radius 2 is 1.81 bits per heavy atom. The van der Waals surface area contributed by atoms with E-state index in [-0.39, 0.29) is 12.0 Å². The lowest BCUT2D eigenvalue weighted by Crippen LogP contribution is -2.39. The molecule has 2 fully saturated rings. The van der Waals surface area contributed by atoms with Crippen molar-refractivity contribution in [1.29, 1.82) is 0 Å². The second-order valence-electron chi connectivity index (χ2n) is 8.15. The van der Waals surface area contributed by atoms with Gasteiger partial charge in [-0.3, -0.25) is 9.69 Å². The van der Waals surface area contributed by atoms with Gasteiger partial charge in [0.15, 0.2) is 0 Å². The SMILES string of the molecule is COc1ccccc1/C=C(/C(=O)N1CCC(OCCN2CCOCC2)C1)c1ccccc1. The molecule has 2 aromatic carbocycles. The Morgan fingerprint density at radius 1 is 1.06 bits per heavy atom. The average molecular weight is 437 g/mol. The van der Waals surface area contributed by atoms with E-state index in [2.05, 4.69) is 4.90 Å². The molecule has 4 rings (SSSR count). The van der Waals surface area contributed by atoms with Crippen molar-refractivity contribution in [3.8, 4) is 5.75 Å². The highest BCUT2D eigenvalue weighted by Gasteiger charge is 2.29. The fourth-order valence-electron chi connectivity index (χ4n) is 4.22. The molecule has 0 radical (unpaired) electrons. The van der Waals surface area contributed by atoms with Crippen molar-refractivity contribution in [2.24, 2.45) is 0 Å². The van der Waals surface area contributed by atoms with Crippen molar-refractivity contribution in [3.05, 3.63) is 65.7 Å². The van der Waals surface area contributed by atoms with Crippen LogP contribution in [0.5, 0.6) is 5.75 Å². The molecule has 6 nitrogen and oxygen atoms in total. The first-order valence-corrected chi connectivity index (χ1v) is 11.4. The zero-order valence-electron chi connectivity index (χ0n) is 18.7. The van der Waals surface area contributed by atoms with Crippen molar-refractivity contribution in [2.75, 3.05) is 59.7 Å². The molecule has 0 aromatic heterocycles. The van der Waals surface area contributed by atoms with Crippen LogP contribution in [0.1, 0.15) is 17.5 Å². The Bertz CT molecular complexity index is 909. The number of benzene rings is 2. The molecule has 0 bridgehead atoms. The molecule has 170 valence electrons. The number of nitrogens with zero attached hydrogens (tertiary/aromatic N) is 2. The fourth-order valence-corrected chi connectivity index (χ4v) is 4.22. The highest BCUT2D eigenvalue weighted by atomic mass is 16.5. The number of morpholine rings is 1. The van der Waals surface area contributed by atoms with Gasteiger partial charge in [-0.2, -0.15) is 0 Å². The summed E-state index contributed by atoms with van der Waals surface area (Å²) in [4.78, 5) is 17.8. The summed E-state index contributed by atoms with van der Waals surface area (Å²) in [6.45, 7) is 6.46. The van der Waals surface area contributed by atoms with Crippen molar-refractivity contribution < 1.29 is 19.0 Å². The summed E-state index contributed by atoms with van der Waals surface area (Å²) in [5.41, 5.74) is 2.46. The highest BCUT2D eigenvalue weighted by Crippen LogP contribution is 2.27. The molecule has 1 atom stereocenters. The Morgan fingerprint density at radius 3 is 2.59 bits per heavy atom. The molecular formula is C26H32N2O4. The predicted octanol–water partition coefficient (Wildman–Crippen LogP) is 3.19. The van der Waals surface area contributed by atoms with Crippen molar-refractivity contribution >= 4 is 17.6 Å². The van der Waals surface area contributed by atoms with Gasteiger partial charge in [0.2, 0.25) is 0 Å². The van der Waals surface area contributed by atoms with Crippen LogP contribution in [0.4, 0.5) is 0 Å². The molecule has 1 unspecified atom stereocenters. The quantitative estimate of drug-likeness (QED) is 0.470. The minimum absolute atomic E-state index is 0.0291.